The Morgan fingerprint density at radius 1 is 1.09 bits per heavy atom. The molecule has 0 spiro atoms. The van der Waals surface area contributed by atoms with Gasteiger partial charge in [0.05, 0.1) is 23.5 Å². The summed E-state index contributed by atoms with van der Waals surface area (Å²) in [5.41, 5.74) is 1.50. The third kappa shape index (κ3) is 6.06. The van der Waals surface area contributed by atoms with Gasteiger partial charge in [0.2, 0.25) is 5.91 Å². The minimum Gasteiger partial charge on any atom is -0.463 e. The summed E-state index contributed by atoms with van der Waals surface area (Å²) in [6.45, 7) is 4.68. The van der Waals surface area contributed by atoms with Crippen molar-refractivity contribution in [3.8, 4) is 0 Å². The lowest BCUT2D eigenvalue weighted by atomic mass is 9.94. The van der Waals surface area contributed by atoms with Gasteiger partial charge in [-0.2, -0.15) is 0 Å². The zero-order valence-electron chi connectivity index (χ0n) is 18.4. The molecule has 8 heteroatoms. The fourth-order valence-corrected chi connectivity index (χ4v) is 3.97. The molecule has 0 aliphatic carbocycles. The van der Waals surface area contributed by atoms with Gasteiger partial charge in [0.25, 0.3) is 5.69 Å². The first-order valence-corrected chi connectivity index (χ1v) is 10.9. The van der Waals surface area contributed by atoms with E-state index >= 15 is 0 Å². The number of anilines is 1. The van der Waals surface area contributed by atoms with Crippen LogP contribution in [-0.2, 0) is 14.3 Å². The van der Waals surface area contributed by atoms with E-state index in [0.29, 0.717) is 31.6 Å². The first-order valence-electron chi connectivity index (χ1n) is 10.9. The quantitative estimate of drug-likeness (QED) is 0.379. The van der Waals surface area contributed by atoms with Gasteiger partial charge in [0.1, 0.15) is 5.69 Å². The van der Waals surface area contributed by atoms with Crippen molar-refractivity contribution in [2.45, 2.75) is 45.3 Å². The average Bonchev–Trinajstić information content (AvgIpc) is 2.78. The first kappa shape index (κ1) is 23.2. The molecule has 0 aromatic heterocycles. The van der Waals surface area contributed by atoms with E-state index in [1.165, 1.54) is 6.07 Å². The molecule has 1 heterocycles. The molecule has 0 saturated carbocycles. The Labute approximate surface area is 187 Å². The van der Waals surface area contributed by atoms with Crippen molar-refractivity contribution in [1.82, 2.24) is 5.32 Å². The number of amides is 1. The number of para-hydroxylation sites is 2. The number of esters is 1. The third-order valence-electron chi connectivity index (χ3n) is 5.54. The Kier molecular flexibility index (Phi) is 7.81. The molecule has 1 fully saturated rings. The summed E-state index contributed by atoms with van der Waals surface area (Å²) < 4.78 is 5.27. The summed E-state index contributed by atoms with van der Waals surface area (Å²) >= 11 is 0. The highest BCUT2D eigenvalue weighted by Crippen LogP contribution is 2.31. The molecule has 0 bridgehead atoms. The van der Waals surface area contributed by atoms with Gasteiger partial charge < -0.3 is 15.0 Å². The Morgan fingerprint density at radius 2 is 1.72 bits per heavy atom. The van der Waals surface area contributed by atoms with E-state index in [1.807, 2.05) is 35.2 Å². The van der Waals surface area contributed by atoms with Gasteiger partial charge in [0.15, 0.2) is 0 Å². The van der Waals surface area contributed by atoms with E-state index < -0.39 is 6.04 Å². The van der Waals surface area contributed by atoms with Crippen molar-refractivity contribution in [2.75, 3.05) is 18.0 Å². The van der Waals surface area contributed by atoms with Gasteiger partial charge >= 0.3 is 5.97 Å². The van der Waals surface area contributed by atoms with Gasteiger partial charge in [-0.05, 0) is 38.3 Å². The molecule has 1 saturated heterocycles. The number of carbonyl (C=O) groups excluding carboxylic acids is 2. The molecule has 1 aliphatic rings. The molecule has 1 aliphatic heterocycles. The number of hydrogen-bond donors (Lipinski definition) is 1. The van der Waals surface area contributed by atoms with Crippen LogP contribution in [0.5, 0.6) is 0 Å². The fourth-order valence-electron chi connectivity index (χ4n) is 3.97. The van der Waals surface area contributed by atoms with Gasteiger partial charge in [0, 0.05) is 25.1 Å². The molecule has 8 nitrogen and oxygen atoms in total. The van der Waals surface area contributed by atoms with E-state index in [1.54, 1.807) is 32.0 Å². The second-order valence-corrected chi connectivity index (χ2v) is 8.22. The van der Waals surface area contributed by atoms with Crippen molar-refractivity contribution in [2.24, 2.45) is 5.92 Å². The number of benzene rings is 2. The van der Waals surface area contributed by atoms with E-state index in [-0.39, 0.29) is 40.9 Å². The maximum absolute atomic E-state index is 13.0. The molecular formula is C24H29N3O5. The third-order valence-corrected chi connectivity index (χ3v) is 5.54. The van der Waals surface area contributed by atoms with Crippen LogP contribution in [0.4, 0.5) is 11.4 Å². The lowest BCUT2D eigenvalue weighted by Crippen LogP contribution is -2.42. The second kappa shape index (κ2) is 10.7. The van der Waals surface area contributed by atoms with Crippen LogP contribution >= 0.6 is 0 Å². The van der Waals surface area contributed by atoms with Crippen molar-refractivity contribution < 1.29 is 19.2 Å². The molecule has 32 heavy (non-hydrogen) atoms. The Hall–Kier alpha value is -3.42. The number of nitro benzene ring substituents is 1. The molecule has 3 rings (SSSR count). The molecular weight excluding hydrogens is 410 g/mol. The minimum atomic E-state index is -0.469. The molecule has 170 valence electrons. The topological polar surface area (TPSA) is 102 Å². The van der Waals surface area contributed by atoms with Crippen LogP contribution in [0.3, 0.4) is 0 Å². The molecule has 1 atom stereocenters. The summed E-state index contributed by atoms with van der Waals surface area (Å²) in [6.07, 6.45) is 0.996. The Bertz CT molecular complexity index is 940. The predicted molar refractivity (Wildman–Crippen MR) is 121 cm³/mol. The zero-order valence-corrected chi connectivity index (χ0v) is 18.4. The maximum atomic E-state index is 13.0. The molecule has 2 aromatic carbocycles. The molecule has 0 radical (unpaired) electrons. The van der Waals surface area contributed by atoms with E-state index in [2.05, 4.69) is 5.32 Å². The van der Waals surface area contributed by atoms with Gasteiger partial charge in [-0.1, -0.05) is 42.5 Å². The summed E-state index contributed by atoms with van der Waals surface area (Å²) in [7, 11) is 0. The summed E-state index contributed by atoms with van der Waals surface area (Å²) in [5.74, 6) is -0.694. The fraction of sp³-hybridized carbons (Fsp3) is 0.417. The number of nitrogens with one attached hydrogen (secondary N) is 1. The van der Waals surface area contributed by atoms with Gasteiger partial charge in [-0.3, -0.25) is 19.7 Å². The second-order valence-electron chi connectivity index (χ2n) is 8.22. The minimum absolute atomic E-state index is 0.0585. The predicted octanol–water partition coefficient (Wildman–Crippen LogP) is 4.01. The van der Waals surface area contributed by atoms with Crippen LogP contribution in [0.2, 0.25) is 0 Å². The summed E-state index contributed by atoms with van der Waals surface area (Å²) in [5, 5.41) is 14.3. The van der Waals surface area contributed by atoms with Crippen LogP contribution in [0.25, 0.3) is 0 Å². The van der Waals surface area contributed by atoms with Crippen LogP contribution < -0.4 is 10.2 Å². The van der Waals surface area contributed by atoms with E-state index in [4.69, 9.17) is 4.74 Å². The Morgan fingerprint density at radius 3 is 2.34 bits per heavy atom. The highest BCUT2D eigenvalue weighted by Gasteiger charge is 2.30. The zero-order chi connectivity index (χ0) is 23.1. The smallest absolute Gasteiger partial charge is 0.308 e. The normalized spacial score (nSPS) is 15.3. The largest absolute Gasteiger partial charge is 0.463 e. The monoisotopic (exact) mass is 439 g/mol. The highest BCUT2D eigenvalue weighted by atomic mass is 16.6. The van der Waals surface area contributed by atoms with Crippen LogP contribution in [0, 0.1) is 16.0 Å². The maximum Gasteiger partial charge on any atom is 0.308 e. The lowest BCUT2D eigenvalue weighted by molar-refractivity contribution is -0.384. The molecule has 2 aromatic rings. The van der Waals surface area contributed by atoms with E-state index in [9.17, 15) is 19.7 Å². The standard InChI is InChI=1S/C24H29N3O5/c1-17(2)32-23(28)16-20(18-8-4-3-5-9-18)25-24(29)19-12-14-26(15-13-19)21-10-6-7-11-22(21)27(30)31/h3-11,17,19-20H,12-16H2,1-2H3,(H,25,29). The van der Waals surface area contributed by atoms with Crippen LogP contribution in [0.15, 0.2) is 54.6 Å². The number of carbonyl (C=O) groups is 2. The van der Waals surface area contributed by atoms with Crippen molar-refractivity contribution in [3.05, 3.63) is 70.3 Å². The molecule has 1 unspecified atom stereocenters. The van der Waals surface area contributed by atoms with Crippen LogP contribution in [0.1, 0.15) is 44.7 Å². The number of rotatable bonds is 8. The van der Waals surface area contributed by atoms with Crippen molar-refractivity contribution in [3.63, 3.8) is 0 Å². The molecule has 1 amide bonds. The number of nitrogens with zero attached hydrogens (tertiary/aromatic N) is 2. The Balaban J connectivity index is 1.64. The average molecular weight is 440 g/mol. The lowest BCUT2D eigenvalue weighted by Gasteiger charge is -2.33. The molecule has 1 N–H and O–H groups in total. The SMILES string of the molecule is CC(C)OC(=O)CC(NC(=O)C1CCN(c2ccccc2[N+](=O)[O-])CC1)c1ccccc1. The highest BCUT2D eigenvalue weighted by molar-refractivity contribution is 5.80. The van der Waals surface area contributed by atoms with Crippen molar-refractivity contribution in [1.29, 1.82) is 0 Å². The number of hydrogen-bond acceptors (Lipinski definition) is 6. The number of ether oxygens (including phenoxy) is 1. The summed E-state index contributed by atoms with van der Waals surface area (Å²) in [6, 6.07) is 15.6. The van der Waals surface area contributed by atoms with E-state index in [0.717, 1.165) is 5.56 Å². The number of nitro groups is 1. The summed E-state index contributed by atoms with van der Waals surface area (Å²) in [4.78, 5) is 38.2. The number of piperidine rings is 1. The van der Waals surface area contributed by atoms with Crippen LogP contribution in [-0.4, -0.2) is 36.0 Å². The van der Waals surface area contributed by atoms with Gasteiger partial charge in [-0.25, -0.2) is 0 Å². The van der Waals surface area contributed by atoms with Gasteiger partial charge in [-0.15, -0.1) is 0 Å². The first-order chi connectivity index (χ1) is 15.3. The van der Waals surface area contributed by atoms with Crippen molar-refractivity contribution >= 4 is 23.3 Å².